The summed E-state index contributed by atoms with van der Waals surface area (Å²) in [6.07, 6.45) is -4.20. The molecule has 0 unspecified atom stereocenters. The lowest BCUT2D eigenvalue weighted by Gasteiger charge is -2.12. The second-order valence-electron chi connectivity index (χ2n) is 7.40. The summed E-state index contributed by atoms with van der Waals surface area (Å²) in [5.41, 5.74) is 0.529. The van der Waals surface area contributed by atoms with E-state index in [0.717, 1.165) is 29.5 Å². The van der Waals surface area contributed by atoms with Crippen LogP contribution >= 0.6 is 23.4 Å². The van der Waals surface area contributed by atoms with Gasteiger partial charge in [0.25, 0.3) is 0 Å². The number of anilines is 1. The lowest BCUT2D eigenvalue weighted by Crippen LogP contribution is -2.16. The summed E-state index contributed by atoms with van der Waals surface area (Å²) in [7, 11) is 0. The Kier molecular flexibility index (Phi) is 7.42. The summed E-state index contributed by atoms with van der Waals surface area (Å²) >= 11 is 6.68. The molecule has 0 saturated heterocycles. The first-order valence-corrected chi connectivity index (χ1v) is 11.6. The maximum atomic E-state index is 13.5. The number of benzene rings is 3. The fourth-order valence-corrected chi connectivity index (χ4v) is 4.28. The van der Waals surface area contributed by atoms with Crippen LogP contribution < -0.4 is 5.32 Å². The van der Waals surface area contributed by atoms with E-state index in [4.69, 9.17) is 11.6 Å². The summed E-state index contributed by atoms with van der Waals surface area (Å²) in [5, 5.41) is 10.8. The van der Waals surface area contributed by atoms with Crippen LogP contribution in [0.3, 0.4) is 0 Å². The van der Waals surface area contributed by atoms with Crippen molar-refractivity contribution in [2.75, 3.05) is 11.1 Å². The standard InChI is InChI=1S/C24H17ClF4N4OS/c25-20-11-8-17(13-19(20)24(27,28)29)30-22(34)14-35-23-32-31-21(12-15-4-2-1-3-5-15)33(23)18-9-6-16(26)7-10-18/h1-11,13H,12,14H2,(H,30,34). The van der Waals surface area contributed by atoms with E-state index >= 15 is 0 Å². The normalized spacial score (nSPS) is 11.5. The zero-order chi connectivity index (χ0) is 25.0. The Balaban J connectivity index is 1.53. The van der Waals surface area contributed by atoms with E-state index in [1.54, 1.807) is 16.7 Å². The molecule has 0 aliphatic rings. The van der Waals surface area contributed by atoms with Crippen LogP contribution in [0, 0.1) is 5.82 Å². The largest absolute Gasteiger partial charge is 0.417 e. The molecule has 1 N–H and O–H groups in total. The van der Waals surface area contributed by atoms with Crippen LogP contribution in [0.5, 0.6) is 0 Å². The van der Waals surface area contributed by atoms with Gasteiger partial charge in [-0.25, -0.2) is 4.39 Å². The highest BCUT2D eigenvalue weighted by Crippen LogP contribution is 2.36. The SMILES string of the molecule is O=C(CSc1nnc(Cc2ccccc2)n1-c1ccc(F)cc1)Nc1ccc(Cl)c(C(F)(F)F)c1. The van der Waals surface area contributed by atoms with E-state index in [9.17, 15) is 22.4 Å². The number of carbonyl (C=O) groups excluding carboxylic acids is 1. The molecule has 0 aliphatic carbocycles. The number of thioether (sulfide) groups is 1. The number of aromatic nitrogens is 3. The van der Waals surface area contributed by atoms with Crippen molar-refractivity contribution in [3.05, 3.63) is 101 Å². The monoisotopic (exact) mass is 520 g/mol. The molecule has 1 aromatic heterocycles. The van der Waals surface area contributed by atoms with Gasteiger partial charge < -0.3 is 5.32 Å². The molecule has 1 heterocycles. The van der Waals surface area contributed by atoms with Crippen LogP contribution in [0.25, 0.3) is 5.69 Å². The van der Waals surface area contributed by atoms with Gasteiger partial charge in [-0.2, -0.15) is 13.2 Å². The van der Waals surface area contributed by atoms with Crippen molar-refractivity contribution < 1.29 is 22.4 Å². The first-order chi connectivity index (χ1) is 16.7. The van der Waals surface area contributed by atoms with Gasteiger partial charge in [-0.15, -0.1) is 10.2 Å². The molecule has 4 aromatic rings. The molecule has 0 spiro atoms. The Labute approximate surface area is 207 Å². The molecule has 11 heteroatoms. The molecule has 0 radical (unpaired) electrons. The van der Waals surface area contributed by atoms with Crippen LogP contribution in [0.1, 0.15) is 17.0 Å². The van der Waals surface area contributed by atoms with Gasteiger partial charge in [0.2, 0.25) is 5.91 Å². The Morgan fingerprint density at radius 2 is 1.71 bits per heavy atom. The average Bonchev–Trinajstić information content (AvgIpc) is 3.21. The number of nitrogens with zero attached hydrogens (tertiary/aromatic N) is 3. The van der Waals surface area contributed by atoms with Crippen LogP contribution in [-0.2, 0) is 17.4 Å². The number of hydrogen-bond donors (Lipinski definition) is 1. The summed E-state index contributed by atoms with van der Waals surface area (Å²) in [5.74, 6) is -0.502. The molecule has 0 saturated carbocycles. The van der Waals surface area contributed by atoms with Crippen LogP contribution in [-0.4, -0.2) is 26.4 Å². The van der Waals surface area contributed by atoms with Crippen molar-refractivity contribution >= 4 is 35.0 Å². The van der Waals surface area contributed by atoms with Gasteiger partial charge >= 0.3 is 6.18 Å². The minimum atomic E-state index is -4.65. The Hall–Kier alpha value is -3.37. The van der Waals surface area contributed by atoms with Gasteiger partial charge in [0.15, 0.2) is 5.16 Å². The topological polar surface area (TPSA) is 59.8 Å². The van der Waals surface area contributed by atoms with Crippen molar-refractivity contribution in [3.63, 3.8) is 0 Å². The fourth-order valence-electron chi connectivity index (χ4n) is 3.28. The third kappa shape index (κ3) is 6.20. The van der Waals surface area contributed by atoms with Gasteiger partial charge in [0.05, 0.1) is 16.3 Å². The maximum Gasteiger partial charge on any atom is 0.417 e. The summed E-state index contributed by atoms with van der Waals surface area (Å²) in [6, 6.07) is 18.5. The number of rotatable bonds is 7. The van der Waals surface area contributed by atoms with Crippen molar-refractivity contribution in [2.24, 2.45) is 0 Å². The second-order valence-corrected chi connectivity index (χ2v) is 8.75. The quantitative estimate of drug-likeness (QED) is 0.226. The van der Waals surface area contributed by atoms with E-state index in [1.807, 2.05) is 30.3 Å². The maximum absolute atomic E-state index is 13.5. The minimum Gasteiger partial charge on any atom is -0.325 e. The molecule has 0 aliphatic heterocycles. The van der Waals surface area contributed by atoms with Gasteiger partial charge in [0.1, 0.15) is 11.6 Å². The number of carbonyl (C=O) groups is 1. The highest BCUT2D eigenvalue weighted by molar-refractivity contribution is 7.99. The summed E-state index contributed by atoms with van der Waals surface area (Å²) in [4.78, 5) is 12.5. The number of hydrogen-bond acceptors (Lipinski definition) is 4. The van der Waals surface area contributed by atoms with E-state index in [0.29, 0.717) is 23.1 Å². The fraction of sp³-hybridized carbons (Fsp3) is 0.125. The van der Waals surface area contributed by atoms with E-state index in [2.05, 4.69) is 15.5 Å². The second kappa shape index (κ2) is 10.5. The zero-order valence-electron chi connectivity index (χ0n) is 17.9. The van der Waals surface area contributed by atoms with Gasteiger partial charge in [-0.05, 0) is 48.0 Å². The Morgan fingerprint density at radius 1 is 1.00 bits per heavy atom. The molecule has 3 aromatic carbocycles. The molecule has 1 amide bonds. The van der Waals surface area contributed by atoms with Gasteiger partial charge in [-0.3, -0.25) is 9.36 Å². The Morgan fingerprint density at radius 3 is 2.40 bits per heavy atom. The van der Waals surface area contributed by atoms with Crippen molar-refractivity contribution in [3.8, 4) is 5.69 Å². The lowest BCUT2D eigenvalue weighted by atomic mass is 10.1. The Bertz CT molecular complexity index is 1330. The molecule has 4 rings (SSSR count). The molecule has 0 bridgehead atoms. The molecule has 35 heavy (non-hydrogen) atoms. The number of amides is 1. The van der Waals surface area contributed by atoms with E-state index in [-0.39, 0.29) is 11.4 Å². The zero-order valence-corrected chi connectivity index (χ0v) is 19.5. The molecule has 0 atom stereocenters. The lowest BCUT2D eigenvalue weighted by molar-refractivity contribution is -0.137. The highest BCUT2D eigenvalue weighted by atomic mass is 35.5. The van der Waals surface area contributed by atoms with Gasteiger partial charge in [-0.1, -0.05) is 53.7 Å². The first-order valence-electron chi connectivity index (χ1n) is 10.2. The predicted octanol–water partition coefficient (Wildman–Crippen LogP) is 6.40. The average molecular weight is 521 g/mol. The van der Waals surface area contributed by atoms with E-state index < -0.39 is 28.5 Å². The van der Waals surface area contributed by atoms with Gasteiger partial charge in [0, 0.05) is 17.8 Å². The van der Waals surface area contributed by atoms with Crippen molar-refractivity contribution in [1.29, 1.82) is 0 Å². The smallest absolute Gasteiger partial charge is 0.325 e. The van der Waals surface area contributed by atoms with Crippen LogP contribution in [0.15, 0.2) is 78.0 Å². The molecule has 0 fully saturated rings. The van der Waals surface area contributed by atoms with Crippen molar-refractivity contribution in [2.45, 2.75) is 17.8 Å². The third-order valence-electron chi connectivity index (χ3n) is 4.88. The summed E-state index contributed by atoms with van der Waals surface area (Å²) in [6.45, 7) is 0. The first kappa shape index (κ1) is 24.7. The van der Waals surface area contributed by atoms with E-state index in [1.165, 1.54) is 18.2 Å². The number of alkyl halides is 3. The molecule has 180 valence electrons. The highest BCUT2D eigenvalue weighted by Gasteiger charge is 2.33. The third-order valence-corrected chi connectivity index (χ3v) is 6.14. The predicted molar refractivity (Wildman–Crippen MR) is 126 cm³/mol. The molecular weight excluding hydrogens is 504 g/mol. The number of halogens is 5. The van der Waals surface area contributed by atoms with Crippen LogP contribution in [0.4, 0.5) is 23.2 Å². The minimum absolute atomic E-state index is 0.0305. The molecular formula is C24H17ClF4N4OS. The van der Waals surface area contributed by atoms with Crippen molar-refractivity contribution in [1.82, 2.24) is 14.8 Å². The molecule has 5 nitrogen and oxygen atoms in total. The van der Waals surface area contributed by atoms with Crippen LogP contribution in [0.2, 0.25) is 5.02 Å². The summed E-state index contributed by atoms with van der Waals surface area (Å²) < 4.78 is 54.4. The number of nitrogens with one attached hydrogen (secondary N) is 1.